The van der Waals surface area contributed by atoms with Gasteiger partial charge in [0.15, 0.2) is 0 Å². The molecule has 2 bridgehead atoms. The van der Waals surface area contributed by atoms with Crippen molar-refractivity contribution >= 4 is 23.4 Å². The van der Waals surface area contributed by atoms with Crippen molar-refractivity contribution in [3.8, 4) is 0 Å². The highest BCUT2D eigenvalue weighted by Crippen LogP contribution is 2.30. The number of alkyl halides is 1. The molecule has 2 heterocycles. The van der Waals surface area contributed by atoms with Crippen LogP contribution in [0.2, 0.25) is 0 Å². The predicted molar refractivity (Wildman–Crippen MR) is 52.0 cm³/mol. The van der Waals surface area contributed by atoms with Crippen molar-refractivity contribution < 1.29 is 9.59 Å². The van der Waals surface area contributed by atoms with Gasteiger partial charge in [0.1, 0.15) is 11.9 Å². The molecule has 14 heavy (non-hydrogen) atoms. The minimum Gasteiger partial charge on any atom is -0.342 e. The fourth-order valence-corrected chi connectivity index (χ4v) is 2.55. The Hall–Kier alpha value is -0.770. The van der Waals surface area contributed by atoms with Crippen molar-refractivity contribution in [2.75, 3.05) is 19.5 Å². The van der Waals surface area contributed by atoms with Crippen LogP contribution >= 0.6 is 11.6 Å². The summed E-state index contributed by atoms with van der Waals surface area (Å²) >= 11 is 5.51. The number of halogens is 1. The summed E-state index contributed by atoms with van der Waals surface area (Å²) in [7, 11) is 1.79. The first kappa shape index (κ1) is 9.77. The van der Waals surface area contributed by atoms with Gasteiger partial charge < -0.3 is 9.80 Å². The van der Waals surface area contributed by atoms with Crippen LogP contribution in [0.25, 0.3) is 0 Å². The molecule has 0 aromatic carbocycles. The van der Waals surface area contributed by atoms with Crippen LogP contribution in [-0.4, -0.2) is 53.2 Å². The van der Waals surface area contributed by atoms with E-state index in [1.54, 1.807) is 16.8 Å². The van der Waals surface area contributed by atoms with Crippen LogP contribution in [0.5, 0.6) is 0 Å². The zero-order valence-corrected chi connectivity index (χ0v) is 8.83. The Morgan fingerprint density at radius 1 is 1.57 bits per heavy atom. The van der Waals surface area contributed by atoms with Gasteiger partial charge in [0, 0.05) is 13.6 Å². The molecular weight excluding hydrogens is 204 g/mol. The lowest BCUT2D eigenvalue weighted by atomic mass is 10.2. The van der Waals surface area contributed by atoms with Gasteiger partial charge >= 0.3 is 0 Å². The van der Waals surface area contributed by atoms with E-state index in [9.17, 15) is 9.59 Å². The van der Waals surface area contributed by atoms with Gasteiger partial charge in [0.05, 0.1) is 6.04 Å². The molecule has 2 aliphatic rings. The zero-order chi connectivity index (χ0) is 10.3. The molecule has 5 heteroatoms. The van der Waals surface area contributed by atoms with Crippen LogP contribution in [0.1, 0.15) is 12.8 Å². The van der Waals surface area contributed by atoms with E-state index in [0.29, 0.717) is 6.54 Å². The third kappa shape index (κ3) is 1.29. The quantitative estimate of drug-likeness (QED) is 0.582. The van der Waals surface area contributed by atoms with Crippen molar-refractivity contribution in [1.29, 1.82) is 0 Å². The van der Waals surface area contributed by atoms with Gasteiger partial charge in [-0.15, -0.1) is 11.6 Å². The van der Waals surface area contributed by atoms with Crippen LogP contribution in [0.15, 0.2) is 0 Å². The van der Waals surface area contributed by atoms with Crippen molar-refractivity contribution in [2.24, 2.45) is 0 Å². The number of hydrogen-bond acceptors (Lipinski definition) is 2. The van der Waals surface area contributed by atoms with E-state index in [2.05, 4.69) is 0 Å². The molecule has 0 spiro atoms. The predicted octanol–water partition coefficient (Wildman–Crippen LogP) is 0.0568. The number of rotatable bonds is 1. The number of nitrogens with zero attached hydrogens (tertiary/aromatic N) is 2. The van der Waals surface area contributed by atoms with E-state index in [1.807, 2.05) is 0 Å². The molecular formula is C9H13ClN2O2. The van der Waals surface area contributed by atoms with E-state index in [0.717, 1.165) is 12.8 Å². The molecule has 0 aromatic rings. The van der Waals surface area contributed by atoms with Gasteiger partial charge in [0.2, 0.25) is 11.8 Å². The summed E-state index contributed by atoms with van der Waals surface area (Å²) < 4.78 is 0. The summed E-state index contributed by atoms with van der Waals surface area (Å²) in [6.45, 7) is 0.651. The fraction of sp³-hybridized carbons (Fsp3) is 0.778. The second kappa shape index (κ2) is 3.42. The van der Waals surface area contributed by atoms with Crippen molar-refractivity contribution in [3.63, 3.8) is 0 Å². The molecule has 0 N–H and O–H groups in total. The second-order valence-corrected chi connectivity index (χ2v) is 4.17. The van der Waals surface area contributed by atoms with E-state index < -0.39 is 0 Å². The Kier molecular flexibility index (Phi) is 2.39. The molecule has 2 rings (SSSR count). The number of fused-ring (bicyclic) bond motifs is 2. The van der Waals surface area contributed by atoms with Crippen LogP contribution in [0, 0.1) is 0 Å². The molecule has 2 unspecified atom stereocenters. The monoisotopic (exact) mass is 216 g/mol. The lowest BCUT2D eigenvalue weighted by Crippen LogP contribution is -2.58. The minimum atomic E-state index is -0.245. The molecule has 78 valence electrons. The minimum absolute atomic E-state index is 0.0238. The molecule has 0 aliphatic carbocycles. The molecule has 2 amide bonds. The smallest absolute Gasteiger partial charge is 0.245 e. The maximum absolute atomic E-state index is 11.7. The molecule has 0 radical (unpaired) electrons. The maximum atomic E-state index is 11.7. The molecule has 2 aliphatic heterocycles. The highest BCUT2D eigenvalue weighted by molar-refractivity contribution is 6.27. The molecule has 2 atom stereocenters. The van der Waals surface area contributed by atoms with Crippen molar-refractivity contribution in [3.05, 3.63) is 0 Å². The van der Waals surface area contributed by atoms with Gasteiger partial charge in [0.25, 0.3) is 0 Å². The van der Waals surface area contributed by atoms with Gasteiger partial charge in [-0.05, 0) is 12.8 Å². The number of piperazine rings is 1. The fourth-order valence-electron chi connectivity index (χ4n) is 2.41. The number of likely N-dealkylation sites (N-methyl/N-ethyl adjacent to an activating group) is 1. The Balaban J connectivity index is 2.22. The number of carbonyl (C=O) groups excluding carboxylic acids is 2. The summed E-state index contributed by atoms with van der Waals surface area (Å²) in [5.41, 5.74) is 0. The first-order valence-corrected chi connectivity index (χ1v) is 5.30. The van der Waals surface area contributed by atoms with Crippen LogP contribution < -0.4 is 0 Å². The van der Waals surface area contributed by atoms with Gasteiger partial charge in [-0.25, -0.2) is 0 Å². The third-order valence-electron chi connectivity index (χ3n) is 3.05. The summed E-state index contributed by atoms with van der Waals surface area (Å²) in [4.78, 5) is 26.6. The number of carbonyl (C=O) groups is 2. The molecule has 0 aromatic heterocycles. The highest BCUT2D eigenvalue weighted by atomic mass is 35.5. The standard InChI is InChI=1S/C9H13ClN2O2/c1-11-5-6-2-3-7(9(11)14)12(6)8(13)4-10/h6-7H,2-5H2,1H3. The molecule has 4 nitrogen and oxygen atoms in total. The normalized spacial score (nSPS) is 31.1. The average Bonchev–Trinajstić information content (AvgIpc) is 2.52. The van der Waals surface area contributed by atoms with Crippen LogP contribution in [0.3, 0.4) is 0 Å². The second-order valence-electron chi connectivity index (χ2n) is 3.90. The molecule has 0 saturated carbocycles. The maximum Gasteiger partial charge on any atom is 0.245 e. The van der Waals surface area contributed by atoms with Crippen molar-refractivity contribution in [2.45, 2.75) is 24.9 Å². The van der Waals surface area contributed by atoms with Crippen LogP contribution in [0.4, 0.5) is 0 Å². The van der Waals surface area contributed by atoms with Crippen molar-refractivity contribution in [1.82, 2.24) is 9.80 Å². The summed E-state index contributed by atoms with van der Waals surface area (Å²) in [5, 5.41) is 0. The lowest BCUT2D eigenvalue weighted by Gasteiger charge is -2.38. The van der Waals surface area contributed by atoms with E-state index >= 15 is 0 Å². The number of hydrogen-bond donors (Lipinski definition) is 0. The lowest BCUT2D eigenvalue weighted by molar-refractivity contribution is -0.149. The van der Waals surface area contributed by atoms with Gasteiger partial charge in [-0.1, -0.05) is 0 Å². The van der Waals surface area contributed by atoms with E-state index in [1.165, 1.54) is 0 Å². The Labute approximate surface area is 87.8 Å². The summed E-state index contributed by atoms with van der Waals surface area (Å²) in [6, 6.07) is -0.0565. The number of likely N-dealkylation sites (tertiary alicyclic amines) is 1. The van der Waals surface area contributed by atoms with Crippen LogP contribution in [-0.2, 0) is 9.59 Å². The largest absolute Gasteiger partial charge is 0.342 e. The Bertz CT molecular complexity index is 282. The first-order chi connectivity index (χ1) is 6.65. The SMILES string of the molecule is CN1CC2CCC(C1=O)N2C(=O)CCl. The highest BCUT2D eigenvalue weighted by Gasteiger charge is 2.46. The summed E-state index contributed by atoms with van der Waals surface area (Å²) in [6.07, 6.45) is 1.71. The van der Waals surface area contributed by atoms with Gasteiger partial charge in [-0.3, -0.25) is 9.59 Å². The van der Waals surface area contributed by atoms with E-state index in [4.69, 9.17) is 11.6 Å². The Morgan fingerprint density at radius 3 is 2.93 bits per heavy atom. The van der Waals surface area contributed by atoms with Gasteiger partial charge in [-0.2, -0.15) is 0 Å². The molecule has 2 saturated heterocycles. The summed E-state index contributed by atoms with van der Waals surface area (Å²) in [5.74, 6) is -0.0814. The number of amides is 2. The van der Waals surface area contributed by atoms with E-state index in [-0.39, 0.29) is 29.8 Å². The first-order valence-electron chi connectivity index (χ1n) is 4.77. The average molecular weight is 217 g/mol. The zero-order valence-electron chi connectivity index (χ0n) is 8.07. The molecule has 2 fully saturated rings. The topological polar surface area (TPSA) is 40.6 Å². The third-order valence-corrected chi connectivity index (χ3v) is 3.28. The Morgan fingerprint density at radius 2 is 2.29 bits per heavy atom.